The Labute approximate surface area is 225 Å². The number of aryl methyl sites for hydroxylation is 1. The molecule has 2 aromatic carbocycles. The first-order valence-corrected chi connectivity index (χ1v) is 11.3. The van der Waals surface area contributed by atoms with Crippen molar-refractivity contribution in [2.75, 3.05) is 44.8 Å². The third-order valence-electron chi connectivity index (χ3n) is 4.64. The van der Waals surface area contributed by atoms with Crippen LogP contribution in [0.25, 0.3) is 0 Å². The van der Waals surface area contributed by atoms with Crippen LogP contribution in [0.1, 0.15) is 11.1 Å². The van der Waals surface area contributed by atoms with Crippen molar-refractivity contribution in [3.63, 3.8) is 0 Å². The summed E-state index contributed by atoms with van der Waals surface area (Å²) in [4.78, 5) is 54.3. The normalized spacial score (nSPS) is 10.2. The monoisotopic (exact) mass is 577 g/mol. The van der Waals surface area contributed by atoms with E-state index in [0.29, 0.717) is 11.3 Å². The van der Waals surface area contributed by atoms with Crippen LogP contribution in [0.3, 0.4) is 0 Å². The second-order valence-corrected chi connectivity index (χ2v) is 7.87. The molecule has 16 nitrogen and oxygen atoms in total. The molecule has 2 rings (SSSR count). The number of hydrogen-bond donors (Lipinski definition) is 2. The Morgan fingerprint density at radius 2 is 1.49 bits per heavy atom. The minimum absolute atomic E-state index is 0.0448. The van der Waals surface area contributed by atoms with Gasteiger partial charge < -0.3 is 24.9 Å². The van der Waals surface area contributed by atoms with Gasteiger partial charge in [-0.3, -0.25) is 9.69 Å². The van der Waals surface area contributed by atoms with E-state index in [-0.39, 0.29) is 56.6 Å². The quantitative estimate of drug-likeness (QED) is 0.217. The smallest absolute Gasteiger partial charge is 0.307 e. The average molecular weight is 578 g/mol. The number of nitrogens with zero attached hydrogens (tertiary/aromatic N) is 4. The van der Waals surface area contributed by atoms with Gasteiger partial charge >= 0.3 is 5.97 Å². The lowest BCUT2D eigenvalue weighted by Crippen LogP contribution is -2.35. The zero-order valence-corrected chi connectivity index (χ0v) is 21.2. The highest BCUT2D eigenvalue weighted by Gasteiger charge is 2.12. The number of hydrogen-bond acceptors (Lipinski definition) is 12. The van der Waals surface area contributed by atoms with E-state index in [1.165, 1.54) is 17.0 Å². The van der Waals surface area contributed by atoms with Crippen molar-refractivity contribution >= 4 is 28.9 Å². The summed E-state index contributed by atoms with van der Waals surface area (Å²) < 4.78 is 13.7. The molecule has 2 aromatic rings. The lowest BCUT2D eigenvalue weighted by Gasteiger charge is -2.20. The predicted molar refractivity (Wildman–Crippen MR) is 132 cm³/mol. The minimum atomic E-state index is -0.987. The predicted octanol–water partition coefficient (Wildman–Crippen LogP) is 3.07. The van der Waals surface area contributed by atoms with Gasteiger partial charge in [-0.2, -0.15) is 0 Å². The number of nitrogens with one attached hydrogen (secondary N) is 1. The molecule has 0 amide bonds. The zero-order valence-electron chi connectivity index (χ0n) is 20.5. The maximum Gasteiger partial charge on any atom is 0.307 e. The summed E-state index contributed by atoms with van der Waals surface area (Å²) in [7, 11) is 0. The molecule has 0 aliphatic heterocycles. The number of halogens is 2. The Balaban J connectivity index is 0.000000391. The van der Waals surface area contributed by atoms with E-state index in [9.17, 15) is 39.5 Å². The summed E-state index contributed by atoms with van der Waals surface area (Å²) in [6, 6.07) is 9.66. The summed E-state index contributed by atoms with van der Waals surface area (Å²) in [5.41, 5.74) is 2.19. The molecule has 0 saturated heterocycles. The van der Waals surface area contributed by atoms with Gasteiger partial charge in [0.15, 0.2) is 0 Å². The maximum atomic E-state index is 13.7. The number of carboxylic acids is 1. The van der Waals surface area contributed by atoms with Crippen LogP contribution < -0.4 is 5.32 Å². The van der Waals surface area contributed by atoms with Crippen LogP contribution in [0, 0.1) is 43.1 Å². The molecule has 0 saturated carbocycles. The molecule has 0 radical (unpaired) electrons. The van der Waals surface area contributed by atoms with E-state index in [0.717, 1.165) is 5.56 Å². The van der Waals surface area contributed by atoms with Gasteiger partial charge in [-0.1, -0.05) is 35.4 Å². The van der Waals surface area contributed by atoms with E-state index < -0.39 is 27.0 Å². The molecule has 0 aromatic heterocycles. The topological polar surface area (TPSA) is 210 Å². The van der Waals surface area contributed by atoms with Crippen molar-refractivity contribution in [2.45, 2.75) is 13.3 Å². The summed E-state index contributed by atoms with van der Waals surface area (Å²) in [5, 5.41) is 38.9. The summed E-state index contributed by atoms with van der Waals surface area (Å²) in [5.74, 6) is -1.43. The second-order valence-electron chi connectivity index (χ2n) is 7.46. The van der Waals surface area contributed by atoms with Crippen molar-refractivity contribution in [3.05, 3.63) is 88.7 Å². The Kier molecular flexibility index (Phi) is 14.2. The average Bonchev–Trinajstić information content (AvgIpc) is 2.82. The first kappa shape index (κ1) is 32.5. The first-order valence-electron chi connectivity index (χ1n) is 11.0. The Morgan fingerprint density at radius 3 is 1.92 bits per heavy atom. The third-order valence-corrected chi connectivity index (χ3v) is 4.95. The molecule has 39 heavy (non-hydrogen) atoms. The molecule has 0 spiro atoms. The van der Waals surface area contributed by atoms with Gasteiger partial charge in [-0.25, -0.2) is 4.39 Å². The number of aliphatic carboxylic acids is 1. The first-order chi connectivity index (χ1) is 18.4. The molecule has 214 valence electrons. The van der Waals surface area contributed by atoms with Crippen LogP contribution in [0.15, 0.2) is 36.4 Å². The number of benzene rings is 2. The van der Waals surface area contributed by atoms with Crippen LogP contribution >= 0.6 is 11.6 Å². The fourth-order valence-corrected chi connectivity index (χ4v) is 3.18. The highest BCUT2D eigenvalue weighted by Crippen LogP contribution is 2.30. The summed E-state index contributed by atoms with van der Waals surface area (Å²) in [6.07, 6.45) is -0.143. The Morgan fingerprint density at radius 1 is 0.974 bits per heavy atom. The molecular weight excluding hydrogens is 553 g/mol. The van der Waals surface area contributed by atoms with Crippen molar-refractivity contribution in [1.82, 2.24) is 4.90 Å². The van der Waals surface area contributed by atoms with Crippen LogP contribution in [0.5, 0.6) is 0 Å². The highest BCUT2D eigenvalue weighted by molar-refractivity contribution is 6.33. The molecular formula is C21H25ClFN5O11. The SMILES string of the molecule is Cc1ccc(Nc2c(F)cccc2Cl)c(CC(=O)O)c1.O=[N+]([O-])OCCN(CCO[N+](=O)[O-])CCO[N+](=O)[O-]. The Bertz CT molecular complexity index is 1070. The minimum Gasteiger partial charge on any atom is -0.481 e. The molecule has 0 atom stereocenters. The number of para-hydroxylation sites is 1. The number of carboxylic acid groups (broad SMARTS) is 1. The third kappa shape index (κ3) is 14.1. The second kappa shape index (κ2) is 17.1. The molecule has 0 aliphatic carbocycles. The van der Waals surface area contributed by atoms with Crippen LogP contribution in [0.4, 0.5) is 15.8 Å². The van der Waals surface area contributed by atoms with Crippen molar-refractivity contribution in [2.24, 2.45) is 0 Å². The van der Waals surface area contributed by atoms with Crippen LogP contribution in [-0.4, -0.2) is 70.7 Å². The van der Waals surface area contributed by atoms with Crippen LogP contribution in [0.2, 0.25) is 5.02 Å². The van der Waals surface area contributed by atoms with Gasteiger partial charge in [0.1, 0.15) is 25.6 Å². The molecule has 18 heteroatoms. The maximum absolute atomic E-state index is 13.7. The molecule has 0 heterocycles. The van der Waals surface area contributed by atoms with Gasteiger partial charge in [-0.05, 0) is 30.7 Å². The van der Waals surface area contributed by atoms with Crippen molar-refractivity contribution in [1.29, 1.82) is 0 Å². The van der Waals surface area contributed by atoms with E-state index in [2.05, 4.69) is 19.8 Å². The zero-order chi connectivity index (χ0) is 29.4. The lowest BCUT2D eigenvalue weighted by molar-refractivity contribution is -0.760. The molecule has 0 bridgehead atoms. The molecule has 0 unspecified atom stereocenters. The highest BCUT2D eigenvalue weighted by atomic mass is 35.5. The molecule has 2 N–H and O–H groups in total. The number of anilines is 2. The van der Waals surface area contributed by atoms with Gasteiger partial charge in [-0.15, -0.1) is 30.3 Å². The summed E-state index contributed by atoms with van der Waals surface area (Å²) in [6.45, 7) is 1.18. The van der Waals surface area contributed by atoms with E-state index in [1.54, 1.807) is 18.2 Å². The largest absolute Gasteiger partial charge is 0.481 e. The number of rotatable bonds is 16. The molecule has 0 fully saturated rings. The van der Waals surface area contributed by atoms with Gasteiger partial charge in [0, 0.05) is 25.3 Å². The summed E-state index contributed by atoms with van der Waals surface area (Å²) >= 11 is 5.95. The van der Waals surface area contributed by atoms with Gasteiger partial charge in [0.05, 0.1) is 17.1 Å². The van der Waals surface area contributed by atoms with E-state index in [1.807, 2.05) is 13.0 Å². The Hall–Kier alpha value is -4.51. The lowest BCUT2D eigenvalue weighted by atomic mass is 10.1. The fraction of sp³-hybridized carbons (Fsp3) is 0.381. The van der Waals surface area contributed by atoms with Crippen molar-refractivity contribution in [3.8, 4) is 0 Å². The van der Waals surface area contributed by atoms with Gasteiger partial charge in [0.2, 0.25) is 0 Å². The van der Waals surface area contributed by atoms with E-state index >= 15 is 0 Å². The fourth-order valence-electron chi connectivity index (χ4n) is 2.97. The van der Waals surface area contributed by atoms with Gasteiger partial charge in [0.25, 0.3) is 15.3 Å². The van der Waals surface area contributed by atoms with Crippen molar-refractivity contribution < 1.29 is 44.1 Å². The van der Waals surface area contributed by atoms with Crippen LogP contribution in [-0.2, 0) is 25.7 Å². The standard InChI is InChI=1S/C15H13ClFNO2.C6H12N4O9/c1-9-5-6-13(10(7-9)8-14(19)20)18-15-11(16)3-2-4-12(15)17;11-8(12)17-4-1-7(2-5-18-9(13)14)3-6-19-10(15)16/h2-7,18H,8H2,1H3,(H,19,20);1-6H2. The van der Waals surface area contributed by atoms with E-state index in [4.69, 9.17) is 16.7 Å². The molecule has 0 aliphatic rings. The number of carbonyl (C=O) groups is 1.